The molecular weight excluding hydrogens is 473 g/mol. The number of allylic oxidation sites excluding steroid dienone is 1. The second kappa shape index (κ2) is 9.11. The summed E-state index contributed by atoms with van der Waals surface area (Å²) >= 11 is 0. The average molecular weight is 519 g/mol. The molecule has 206 valence electrons. The fourth-order valence-corrected chi connectivity index (χ4v) is 9.58. The van der Waals surface area contributed by atoms with E-state index in [9.17, 15) is 23.4 Å². The van der Waals surface area contributed by atoms with E-state index in [4.69, 9.17) is 0 Å². The lowest BCUT2D eigenvalue weighted by Gasteiger charge is -2.59. The molecule has 5 rings (SSSR count). The van der Waals surface area contributed by atoms with Crippen molar-refractivity contribution < 1.29 is 23.4 Å². The van der Waals surface area contributed by atoms with E-state index in [1.165, 1.54) is 24.1 Å². The smallest absolute Gasteiger partial charge is 0.390 e. The summed E-state index contributed by atoms with van der Waals surface area (Å²) in [5, 5.41) is 21.6. The van der Waals surface area contributed by atoms with Crippen LogP contribution in [0.1, 0.15) is 97.5 Å². The highest BCUT2D eigenvalue weighted by molar-refractivity contribution is 5.27. The lowest BCUT2D eigenvalue weighted by atomic mass is 9.46. The molecule has 4 aliphatic rings. The number of benzene rings is 1. The normalized spacial score (nSPS) is 42.1. The van der Waals surface area contributed by atoms with E-state index in [2.05, 4.69) is 26.8 Å². The number of fused-ring (bicyclic) bond motifs is 5. The van der Waals surface area contributed by atoms with Gasteiger partial charge >= 0.3 is 6.18 Å². The molecule has 0 aromatic heterocycles. The molecule has 0 saturated heterocycles. The van der Waals surface area contributed by atoms with E-state index in [0.29, 0.717) is 30.1 Å². The summed E-state index contributed by atoms with van der Waals surface area (Å²) in [6.45, 7) is 8.94. The third-order valence-corrected chi connectivity index (χ3v) is 11.8. The van der Waals surface area contributed by atoms with Crippen molar-refractivity contribution >= 4 is 0 Å². The third-order valence-electron chi connectivity index (χ3n) is 11.8. The van der Waals surface area contributed by atoms with Crippen molar-refractivity contribution in [2.24, 2.45) is 40.4 Å². The van der Waals surface area contributed by atoms with Gasteiger partial charge in [-0.2, -0.15) is 13.2 Å². The minimum Gasteiger partial charge on any atom is -0.390 e. The monoisotopic (exact) mass is 518 g/mol. The summed E-state index contributed by atoms with van der Waals surface area (Å²) in [5.41, 5.74) is -1.67. The molecule has 9 atom stereocenters. The first-order valence-electron chi connectivity index (χ1n) is 14.5. The predicted octanol–water partition coefficient (Wildman–Crippen LogP) is 8.18. The van der Waals surface area contributed by atoms with E-state index >= 15 is 0 Å². The lowest BCUT2D eigenvalue weighted by molar-refractivity contribution is -0.270. The number of hydrogen-bond donors (Lipinski definition) is 2. The maximum absolute atomic E-state index is 14.1. The van der Waals surface area contributed by atoms with Gasteiger partial charge < -0.3 is 10.2 Å². The van der Waals surface area contributed by atoms with Crippen LogP contribution in [0.4, 0.5) is 13.2 Å². The van der Waals surface area contributed by atoms with Crippen molar-refractivity contribution in [3.63, 3.8) is 0 Å². The van der Waals surface area contributed by atoms with Gasteiger partial charge in [-0.25, -0.2) is 0 Å². The highest BCUT2D eigenvalue weighted by Gasteiger charge is 2.60. The molecule has 2 nitrogen and oxygen atoms in total. The molecule has 2 unspecified atom stereocenters. The Morgan fingerprint density at radius 1 is 0.973 bits per heavy atom. The molecule has 0 bridgehead atoms. The molecule has 37 heavy (non-hydrogen) atoms. The van der Waals surface area contributed by atoms with Crippen LogP contribution >= 0.6 is 0 Å². The van der Waals surface area contributed by atoms with Gasteiger partial charge in [-0.1, -0.05) is 62.8 Å². The van der Waals surface area contributed by atoms with Crippen LogP contribution in [-0.2, 0) is 5.60 Å². The minimum absolute atomic E-state index is 0.0600. The summed E-state index contributed by atoms with van der Waals surface area (Å²) in [6, 6.07) is 7.59. The van der Waals surface area contributed by atoms with Crippen LogP contribution in [0.25, 0.3) is 0 Å². The fraction of sp³-hybridized carbons (Fsp3) is 0.750. The topological polar surface area (TPSA) is 40.5 Å². The van der Waals surface area contributed by atoms with Crippen LogP contribution in [0.15, 0.2) is 42.0 Å². The molecule has 0 spiro atoms. The molecule has 0 heterocycles. The van der Waals surface area contributed by atoms with Crippen LogP contribution in [-0.4, -0.2) is 22.0 Å². The van der Waals surface area contributed by atoms with Gasteiger partial charge in [0.05, 0.1) is 5.60 Å². The zero-order valence-corrected chi connectivity index (χ0v) is 23.0. The van der Waals surface area contributed by atoms with Crippen LogP contribution < -0.4 is 0 Å². The molecule has 3 saturated carbocycles. The Kier molecular flexibility index (Phi) is 6.71. The Morgan fingerprint density at radius 2 is 1.68 bits per heavy atom. The van der Waals surface area contributed by atoms with Crippen molar-refractivity contribution in [1.29, 1.82) is 0 Å². The predicted molar refractivity (Wildman–Crippen MR) is 141 cm³/mol. The van der Waals surface area contributed by atoms with Gasteiger partial charge in [0.1, 0.15) is 0 Å². The second-order valence-corrected chi connectivity index (χ2v) is 13.9. The van der Waals surface area contributed by atoms with Crippen molar-refractivity contribution in [2.45, 2.75) is 109 Å². The van der Waals surface area contributed by atoms with Crippen molar-refractivity contribution in [3.8, 4) is 0 Å². The van der Waals surface area contributed by atoms with E-state index in [1.807, 2.05) is 6.92 Å². The summed E-state index contributed by atoms with van der Waals surface area (Å²) in [6.07, 6.45) is 6.12. The number of alkyl halides is 3. The van der Waals surface area contributed by atoms with E-state index in [1.54, 1.807) is 18.2 Å². The first-order valence-corrected chi connectivity index (χ1v) is 14.5. The largest absolute Gasteiger partial charge is 0.421 e. The molecule has 0 amide bonds. The van der Waals surface area contributed by atoms with Gasteiger partial charge in [0, 0.05) is 0 Å². The second-order valence-electron chi connectivity index (χ2n) is 13.9. The first kappa shape index (κ1) is 27.2. The summed E-state index contributed by atoms with van der Waals surface area (Å²) in [7, 11) is 0. The van der Waals surface area contributed by atoms with Crippen molar-refractivity contribution in [1.82, 2.24) is 0 Å². The molecular formula is C32H45F3O2. The standard InChI is InChI=1S/C32H45F3O2/c1-21(14-17-31(37,32(33,34)35)22-8-6-5-7-9-22)25-12-13-26-24-11-10-23-20-28(2,36)18-19-29(23,3)27(24)15-16-30(25,26)4/h5-10,21,24-27,36-37H,11-20H2,1-4H3/t21-,24?,25-,26+,27+,28+,29+,30-,31?/m1/s1. The van der Waals surface area contributed by atoms with E-state index in [-0.39, 0.29) is 28.7 Å². The Morgan fingerprint density at radius 3 is 2.35 bits per heavy atom. The highest BCUT2D eigenvalue weighted by atomic mass is 19.4. The Hall–Kier alpha value is -1.33. The number of hydrogen-bond acceptors (Lipinski definition) is 2. The number of aliphatic hydroxyl groups is 2. The SMILES string of the molecule is C[C@H](CCC(O)(c1ccccc1)C(F)(F)F)[C@H]1CC[C@H]2C3CC=C4C[C@@](C)(O)CC[C@]4(C)[C@H]3CC[C@]12C. The molecule has 1 aromatic rings. The molecule has 0 radical (unpaired) electrons. The quantitative estimate of drug-likeness (QED) is 0.386. The van der Waals surface area contributed by atoms with Gasteiger partial charge in [-0.15, -0.1) is 0 Å². The van der Waals surface area contributed by atoms with Crippen molar-refractivity contribution in [2.75, 3.05) is 0 Å². The highest BCUT2D eigenvalue weighted by Crippen LogP contribution is 2.68. The zero-order valence-electron chi connectivity index (χ0n) is 23.0. The van der Waals surface area contributed by atoms with Gasteiger partial charge in [-0.3, -0.25) is 0 Å². The molecule has 1 aromatic carbocycles. The number of halogens is 3. The molecule has 4 aliphatic carbocycles. The molecule has 2 N–H and O–H groups in total. The zero-order chi connectivity index (χ0) is 26.9. The van der Waals surface area contributed by atoms with E-state index in [0.717, 1.165) is 44.9 Å². The Balaban J connectivity index is 1.32. The summed E-state index contributed by atoms with van der Waals surface area (Å²) in [4.78, 5) is 0. The van der Waals surface area contributed by atoms with E-state index < -0.39 is 17.4 Å². The first-order chi connectivity index (χ1) is 17.2. The van der Waals surface area contributed by atoms with Crippen LogP contribution in [0.2, 0.25) is 0 Å². The van der Waals surface area contributed by atoms with Gasteiger partial charge in [-0.05, 0) is 117 Å². The molecule has 0 aliphatic heterocycles. The van der Waals surface area contributed by atoms with Gasteiger partial charge in [0.25, 0.3) is 0 Å². The summed E-state index contributed by atoms with van der Waals surface area (Å²) < 4.78 is 42.3. The van der Waals surface area contributed by atoms with Crippen LogP contribution in [0.3, 0.4) is 0 Å². The van der Waals surface area contributed by atoms with Crippen molar-refractivity contribution in [3.05, 3.63) is 47.5 Å². The third kappa shape index (κ3) is 4.40. The Bertz CT molecular complexity index is 1020. The van der Waals surface area contributed by atoms with Crippen LogP contribution in [0.5, 0.6) is 0 Å². The summed E-state index contributed by atoms with van der Waals surface area (Å²) in [5.74, 6) is 2.39. The maximum Gasteiger partial charge on any atom is 0.421 e. The lowest BCUT2D eigenvalue weighted by Crippen LogP contribution is -2.52. The Labute approximate surface area is 220 Å². The van der Waals surface area contributed by atoms with Gasteiger partial charge in [0.2, 0.25) is 0 Å². The minimum atomic E-state index is -4.71. The fourth-order valence-electron chi connectivity index (χ4n) is 9.58. The molecule has 5 heteroatoms. The number of rotatable bonds is 5. The molecule has 3 fully saturated rings. The van der Waals surface area contributed by atoms with Crippen LogP contribution in [0, 0.1) is 40.4 Å². The van der Waals surface area contributed by atoms with Gasteiger partial charge in [0.15, 0.2) is 5.60 Å². The maximum atomic E-state index is 14.1. The average Bonchev–Trinajstić information content (AvgIpc) is 3.20.